The fraction of sp³-hybridized carbons (Fsp3) is 1.00. The van der Waals surface area contributed by atoms with Crippen LogP contribution >= 0.6 is 23.2 Å². The fourth-order valence-corrected chi connectivity index (χ4v) is 3.08. The molecule has 0 aromatic heterocycles. The summed E-state index contributed by atoms with van der Waals surface area (Å²) in [5.41, 5.74) is 0. The normalized spacial score (nSPS) is 52.9. The van der Waals surface area contributed by atoms with E-state index in [2.05, 4.69) is 0 Å². The van der Waals surface area contributed by atoms with Gasteiger partial charge in [0, 0.05) is 0 Å². The van der Waals surface area contributed by atoms with Crippen molar-refractivity contribution >= 4 is 23.2 Å². The number of hydrogen-bond acceptors (Lipinski definition) is 8. The molecule has 0 aliphatic carbocycles. The van der Waals surface area contributed by atoms with Crippen LogP contribution < -0.4 is 0 Å². The lowest BCUT2D eigenvalue weighted by atomic mass is 10.0. The van der Waals surface area contributed by atoms with E-state index in [0.29, 0.717) is 0 Å². The molecular formula is C12H20Cl2O8. The van der Waals surface area contributed by atoms with Gasteiger partial charge >= 0.3 is 0 Å². The van der Waals surface area contributed by atoms with Gasteiger partial charge in [0.1, 0.15) is 36.6 Å². The van der Waals surface area contributed by atoms with Crippen LogP contribution in [0.1, 0.15) is 6.92 Å². The van der Waals surface area contributed by atoms with Gasteiger partial charge in [0.05, 0.1) is 17.9 Å². The second-order valence-electron chi connectivity index (χ2n) is 5.53. The molecule has 0 spiro atoms. The third-order valence-corrected chi connectivity index (χ3v) is 4.77. The standard InChI is InChI=1S/C12H20Cl2O8/c1-12(10(19)7(16)4(2-13)21-12)22-11-9(18)8(17)6(14)5(3-15)20-11/h4-11,15-19H,2-3H2,1H3. The van der Waals surface area contributed by atoms with Crippen LogP contribution in [0.15, 0.2) is 0 Å². The van der Waals surface area contributed by atoms with E-state index < -0.39 is 60.7 Å². The molecule has 0 radical (unpaired) electrons. The van der Waals surface area contributed by atoms with E-state index in [1.54, 1.807) is 0 Å². The van der Waals surface area contributed by atoms with E-state index in [-0.39, 0.29) is 5.88 Å². The molecule has 2 aliphatic rings. The van der Waals surface area contributed by atoms with Crippen molar-refractivity contribution in [2.75, 3.05) is 12.5 Å². The number of aliphatic hydroxyl groups excluding tert-OH is 5. The lowest BCUT2D eigenvalue weighted by Crippen LogP contribution is -2.60. The Kier molecular flexibility index (Phi) is 5.93. The van der Waals surface area contributed by atoms with Crippen LogP contribution in [0.2, 0.25) is 0 Å². The summed E-state index contributed by atoms with van der Waals surface area (Å²) in [5, 5.41) is 47.9. The maximum atomic E-state index is 10.0. The zero-order valence-corrected chi connectivity index (χ0v) is 13.3. The van der Waals surface area contributed by atoms with Crippen molar-refractivity contribution in [3.8, 4) is 0 Å². The van der Waals surface area contributed by atoms with Gasteiger partial charge in [0.15, 0.2) is 12.1 Å². The maximum absolute atomic E-state index is 10.0. The number of ether oxygens (including phenoxy) is 3. The predicted molar refractivity (Wildman–Crippen MR) is 74.5 cm³/mol. The first-order valence-corrected chi connectivity index (χ1v) is 7.76. The minimum atomic E-state index is -1.70. The first-order valence-electron chi connectivity index (χ1n) is 6.79. The van der Waals surface area contributed by atoms with E-state index in [1.807, 2.05) is 0 Å². The Morgan fingerprint density at radius 2 is 1.73 bits per heavy atom. The molecule has 0 aromatic rings. The molecule has 2 rings (SSSR count). The summed E-state index contributed by atoms with van der Waals surface area (Å²) < 4.78 is 16.1. The van der Waals surface area contributed by atoms with Crippen LogP contribution in [-0.2, 0) is 14.2 Å². The molecule has 8 nitrogen and oxygen atoms in total. The smallest absolute Gasteiger partial charge is 0.197 e. The van der Waals surface area contributed by atoms with Crippen LogP contribution in [0.5, 0.6) is 0 Å². The summed E-state index contributed by atoms with van der Waals surface area (Å²) in [4.78, 5) is 0. The van der Waals surface area contributed by atoms with Crippen molar-refractivity contribution in [1.82, 2.24) is 0 Å². The molecular weight excluding hydrogens is 343 g/mol. The summed E-state index contributed by atoms with van der Waals surface area (Å²) in [6.07, 6.45) is -8.89. The Morgan fingerprint density at radius 1 is 1.09 bits per heavy atom. The van der Waals surface area contributed by atoms with E-state index in [1.165, 1.54) is 6.92 Å². The van der Waals surface area contributed by atoms with Crippen molar-refractivity contribution in [3.63, 3.8) is 0 Å². The SMILES string of the molecule is CC1(OC2OC(CO)C(Cl)C(O)C2O)OC(CCl)C(O)C1O. The van der Waals surface area contributed by atoms with Crippen molar-refractivity contribution < 1.29 is 39.7 Å². The average molecular weight is 363 g/mol. The molecule has 2 aliphatic heterocycles. The van der Waals surface area contributed by atoms with Gasteiger partial charge in [-0.15, -0.1) is 23.2 Å². The Labute approximate surface area is 137 Å². The van der Waals surface area contributed by atoms with Gasteiger partial charge in [-0.05, 0) is 6.92 Å². The molecule has 9 unspecified atom stereocenters. The lowest BCUT2D eigenvalue weighted by Gasteiger charge is -2.42. The minimum Gasteiger partial charge on any atom is -0.394 e. The van der Waals surface area contributed by atoms with E-state index >= 15 is 0 Å². The topological polar surface area (TPSA) is 129 Å². The highest BCUT2D eigenvalue weighted by molar-refractivity contribution is 6.21. The lowest BCUT2D eigenvalue weighted by molar-refractivity contribution is -0.359. The monoisotopic (exact) mass is 362 g/mol. The van der Waals surface area contributed by atoms with E-state index in [4.69, 9.17) is 37.4 Å². The molecule has 22 heavy (non-hydrogen) atoms. The van der Waals surface area contributed by atoms with Gasteiger partial charge in [-0.3, -0.25) is 0 Å². The largest absolute Gasteiger partial charge is 0.394 e. The van der Waals surface area contributed by atoms with Crippen LogP contribution in [-0.4, -0.2) is 92.1 Å². The molecule has 0 amide bonds. The van der Waals surface area contributed by atoms with Gasteiger partial charge in [-0.25, -0.2) is 0 Å². The number of rotatable bonds is 4. The zero-order chi connectivity index (χ0) is 16.7. The minimum absolute atomic E-state index is 0.0725. The van der Waals surface area contributed by atoms with E-state index in [0.717, 1.165) is 0 Å². The number of alkyl halides is 2. The van der Waals surface area contributed by atoms with Crippen molar-refractivity contribution in [2.45, 2.75) is 61.0 Å². The molecule has 2 saturated heterocycles. The van der Waals surface area contributed by atoms with Crippen LogP contribution in [0.3, 0.4) is 0 Å². The highest BCUT2D eigenvalue weighted by Gasteiger charge is 2.55. The molecule has 10 heteroatoms. The summed E-state index contributed by atoms with van der Waals surface area (Å²) >= 11 is 11.5. The molecule has 9 atom stereocenters. The highest BCUT2D eigenvalue weighted by atomic mass is 35.5. The Hall–Kier alpha value is 0.260. The summed E-state index contributed by atoms with van der Waals surface area (Å²) in [6, 6.07) is 0. The summed E-state index contributed by atoms with van der Waals surface area (Å²) in [7, 11) is 0. The van der Waals surface area contributed by atoms with Gasteiger partial charge in [-0.2, -0.15) is 0 Å². The van der Waals surface area contributed by atoms with Gasteiger partial charge < -0.3 is 39.7 Å². The van der Waals surface area contributed by atoms with Gasteiger partial charge in [0.25, 0.3) is 0 Å². The summed E-state index contributed by atoms with van der Waals surface area (Å²) in [5.74, 6) is -1.78. The Balaban J connectivity index is 2.12. The maximum Gasteiger partial charge on any atom is 0.197 e. The third kappa shape index (κ3) is 3.23. The van der Waals surface area contributed by atoms with Crippen LogP contribution in [0.25, 0.3) is 0 Å². The quantitative estimate of drug-likeness (QED) is 0.368. The van der Waals surface area contributed by atoms with Crippen molar-refractivity contribution in [1.29, 1.82) is 0 Å². The molecule has 2 heterocycles. The zero-order valence-electron chi connectivity index (χ0n) is 11.7. The second-order valence-corrected chi connectivity index (χ2v) is 6.34. The first-order chi connectivity index (χ1) is 10.2. The second kappa shape index (κ2) is 7.02. The molecule has 0 saturated carbocycles. The average Bonchev–Trinajstić information content (AvgIpc) is 2.72. The number of hydrogen-bond donors (Lipinski definition) is 5. The van der Waals surface area contributed by atoms with Crippen LogP contribution in [0, 0.1) is 0 Å². The Morgan fingerprint density at radius 3 is 2.23 bits per heavy atom. The predicted octanol–water partition coefficient (Wildman–Crippen LogP) is -1.87. The molecule has 130 valence electrons. The first kappa shape index (κ1) is 18.6. The van der Waals surface area contributed by atoms with Crippen molar-refractivity contribution in [3.05, 3.63) is 0 Å². The summed E-state index contributed by atoms with van der Waals surface area (Å²) in [6.45, 7) is 0.849. The highest BCUT2D eigenvalue weighted by Crippen LogP contribution is 2.36. The molecule has 0 aromatic carbocycles. The van der Waals surface area contributed by atoms with Crippen molar-refractivity contribution in [2.24, 2.45) is 0 Å². The van der Waals surface area contributed by atoms with Gasteiger partial charge in [-0.1, -0.05) is 0 Å². The molecule has 5 N–H and O–H groups in total. The van der Waals surface area contributed by atoms with Crippen LogP contribution in [0.4, 0.5) is 0 Å². The number of aliphatic hydroxyl groups is 5. The number of halogens is 2. The Bertz CT molecular complexity index is 386. The molecule has 0 bridgehead atoms. The third-order valence-electron chi connectivity index (χ3n) is 3.93. The molecule has 2 fully saturated rings. The fourth-order valence-electron chi connectivity index (χ4n) is 2.54. The van der Waals surface area contributed by atoms with E-state index in [9.17, 15) is 25.5 Å². The van der Waals surface area contributed by atoms with Gasteiger partial charge in [0.2, 0.25) is 0 Å².